The molecule has 0 saturated heterocycles. The van der Waals surface area contributed by atoms with Crippen molar-refractivity contribution in [3.63, 3.8) is 0 Å². The summed E-state index contributed by atoms with van der Waals surface area (Å²) in [6, 6.07) is 0. The summed E-state index contributed by atoms with van der Waals surface area (Å²) in [6.45, 7) is 9.97. The van der Waals surface area contributed by atoms with Crippen molar-refractivity contribution in [2.45, 2.75) is 40.2 Å². The van der Waals surface area contributed by atoms with Gasteiger partial charge in [0.05, 0.1) is 0 Å². The summed E-state index contributed by atoms with van der Waals surface area (Å²) in [5.74, 6) is 0. The molecule has 3 nitrogen and oxygen atoms in total. The molecule has 13 heavy (non-hydrogen) atoms. The number of nitrogens with zero attached hydrogens (tertiary/aromatic N) is 1. The highest BCUT2D eigenvalue weighted by Gasteiger charge is 2.19. The van der Waals surface area contributed by atoms with Crippen LogP contribution in [-0.2, 0) is 4.74 Å². The first kappa shape index (κ1) is 12.0. The van der Waals surface area contributed by atoms with Gasteiger partial charge in [-0.15, -0.1) is 0 Å². The minimum Gasteiger partial charge on any atom is -0.443 e. The van der Waals surface area contributed by atoms with Crippen molar-refractivity contribution in [2.24, 2.45) is 0 Å². The molecular formula is C10H19NO2. The van der Waals surface area contributed by atoms with Crippen LogP contribution in [0.15, 0.2) is 12.3 Å². The summed E-state index contributed by atoms with van der Waals surface area (Å²) in [5.41, 5.74) is -0.425. The lowest BCUT2D eigenvalue weighted by Gasteiger charge is -2.24. The van der Waals surface area contributed by atoms with E-state index in [1.165, 1.54) is 4.90 Å². The Balaban J connectivity index is 4.23. The van der Waals surface area contributed by atoms with Crippen molar-refractivity contribution in [1.82, 2.24) is 4.90 Å². The molecule has 0 aliphatic carbocycles. The molecule has 0 aromatic heterocycles. The fourth-order valence-electron chi connectivity index (χ4n) is 0.796. The van der Waals surface area contributed by atoms with E-state index in [2.05, 4.69) is 0 Å². The standard InChI is InChI=1S/C10H19NO2/c1-6-8-11(7-2)9(12)13-10(3,4)5/h6,8H,7H2,1-5H3. The number of allylic oxidation sites excluding steroid dienone is 1. The molecule has 0 unspecified atom stereocenters. The molecule has 0 radical (unpaired) electrons. The van der Waals surface area contributed by atoms with Crippen LogP contribution in [-0.4, -0.2) is 23.1 Å². The van der Waals surface area contributed by atoms with Gasteiger partial charge in [-0.1, -0.05) is 6.08 Å². The molecule has 76 valence electrons. The minimum absolute atomic E-state index is 0.298. The monoisotopic (exact) mass is 185 g/mol. The summed E-state index contributed by atoms with van der Waals surface area (Å²) >= 11 is 0. The largest absolute Gasteiger partial charge is 0.443 e. The topological polar surface area (TPSA) is 29.5 Å². The zero-order chi connectivity index (χ0) is 10.5. The molecule has 0 heterocycles. The molecule has 1 amide bonds. The summed E-state index contributed by atoms with van der Waals surface area (Å²) in [6.07, 6.45) is 3.23. The lowest BCUT2D eigenvalue weighted by Crippen LogP contribution is -2.33. The molecule has 0 saturated carbocycles. The summed E-state index contributed by atoms with van der Waals surface area (Å²) in [5, 5.41) is 0. The van der Waals surface area contributed by atoms with Crippen LogP contribution < -0.4 is 0 Å². The van der Waals surface area contributed by atoms with Crippen molar-refractivity contribution in [3.8, 4) is 0 Å². The number of amides is 1. The third-order valence-corrected chi connectivity index (χ3v) is 1.30. The molecule has 0 aromatic carbocycles. The SMILES string of the molecule is CC=CN(CC)C(=O)OC(C)(C)C. The Morgan fingerprint density at radius 3 is 2.31 bits per heavy atom. The predicted octanol–water partition coefficient (Wildman–Crippen LogP) is 2.78. The first-order valence-corrected chi connectivity index (χ1v) is 4.53. The highest BCUT2D eigenvalue weighted by molar-refractivity contribution is 5.69. The molecular weight excluding hydrogens is 166 g/mol. The van der Waals surface area contributed by atoms with Crippen LogP contribution in [0.4, 0.5) is 4.79 Å². The van der Waals surface area contributed by atoms with Gasteiger partial charge in [-0.05, 0) is 34.6 Å². The van der Waals surface area contributed by atoms with Crippen LogP contribution in [0.1, 0.15) is 34.6 Å². The quantitative estimate of drug-likeness (QED) is 0.662. The third kappa shape index (κ3) is 5.28. The summed E-state index contributed by atoms with van der Waals surface area (Å²) < 4.78 is 5.18. The average molecular weight is 185 g/mol. The Hall–Kier alpha value is -0.990. The van der Waals surface area contributed by atoms with Gasteiger partial charge in [0.2, 0.25) is 0 Å². The average Bonchev–Trinajstić information content (AvgIpc) is 1.96. The maximum Gasteiger partial charge on any atom is 0.414 e. The van der Waals surface area contributed by atoms with E-state index in [4.69, 9.17) is 4.74 Å². The van der Waals surface area contributed by atoms with Gasteiger partial charge in [0.15, 0.2) is 0 Å². The van der Waals surface area contributed by atoms with Gasteiger partial charge in [0.25, 0.3) is 0 Å². The predicted molar refractivity (Wildman–Crippen MR) is 53.4 cm³/mol. The molecule has 0 N–H and O–H groups in total. The van der Waals surface area contributed by atoms with E-state index in [9.17, 15) is 4.79 Å². The van der Waals surface area contributed by atoms with Gasteiger partial charge in [0.1, 0.15) is 5.60 Å². The van der Waals surface area contributed by atoms with Gasteiger partial charge >= 0.3 is 6.09 Å². The van der Waals surface area contributed by atoms with E-state index in [1.807, 2.05) is 40.7 Å². The molecule has 0 rings (SSSR count). The first-order chi connectivity index (χ1) is 5.90. The van der Waals surface area contributed by atoms with E-state index in [1.54, 1.807) is 6.20 Å². The van der Waals surface area contributed by atoms with E-state index in [0.717, 1.165) is 0 Å². The van der Waals surface area contributed by atoms with Crippen LogP contribution in [0.25, 0.3) is 0 Å². The van der Waals surface area contributed by atoms with Crippen molar-refractivity contribution >= 4 is 6.09 Å². The van der Waals surface area contributed by atoms with Gasteiger partial charge in [-0.3, -0.25) is 4.90 Å². The first-order valence-electron chi connectivity index (χ1n) is 4.53. The maximum absolute atomic E-state index is 11.4. The molecule has 3 heteroatoms. The van der Waals surface area contributed by atoms with Gasteiger partial charge in [-0.25, -0.2) is 4.79 Å². The summed E-state index contributed by atoms with van der Waals surface area (Å²) in [4.78, 5) is 13.0. The number of rotatable bonds is 2. The number of carbonyl (C=O) groups is 1. The molecule has 0 aliphatic rings. The Morgan fingerprint density at radius 2 is 2.00 bits per heavy atom. The van der Waals surface area contributed by atoms with Gasteiger partial charge in [0, 0.05) is 12.7 Å². The third-order valence-electron chi connectivity index (χ3n) is 1.30. The van der Waals surface area contributed by atoms with E-state index < -0.39 is 5.60 Å². The minimum atomic E-state index is -0.425. The lowest BCUT2D eigenvalue weighted by molar-refractivity contribution is 0.0343. The van der Waals surface area contributed by atoms with Crippen LogP contribution >= 0.6 is 0 Å². The zero-order valence-electron chi connectivity index (χ0n) is 9.13. The second-order valence-electron chi connectivity index (χ2n) is 3.75. The number of hydrogen-bond acceptors (Lipinski definition) is 2. The molecule has 0 fully saturated rings. The lowest BCUT2D eigenvalue weighted by atomic mass is 10.2. The maximum atomic E-state index is 11.4. The molecule has 0 spiro atoms. The number of carbonyl (C=O) groups excluding carboxylic acids is 1. The van der Waals surface area contributed by atoms with Crippen molar-refractivity contribution < 1.29 is 9.53 Å². The second kappa shape index (κ2) is 4.90. The van der Waals surface area contributed by atoms with Gasteiger partial charge in [-0.2, -0.15) is 0 Å². The van der Waals surface area contributed by atoms with Crippen LogP contribution in [0.2, 0.25) is 0 Å². The van der Waals surface area contributed by atoms with Gasteiger partial charge < -0.3 is 4.74 Å². The summed E-state index contributed by atoms with van der Waals surface area (Å²) in [7, 11) is 0. The molecule has 0 bridgehead atoms. The van der Waals surface area contributed by atoms with Crippen molar-refractivity contribution in [3.05, 3.63) is 12.3 Å². The smallest absolute Gasteiger partial charge is 0.414 e. The van der Waals surface area contributed by atoms with Crippen molar-refractivity contribution in [2.75, 3.05) is 6.54 Å². The highest BCUT2D eigenvalue weighted by Crippen LogP contribution is 2.09. The highest BCUT2D eigenvalue weighted by atomic mass is 16.6. The second-order valence-corrected chi connectivity index (χ2v) is 3.75. The molecule has 0 aromatic rings. The van der Waals surface area contributed by atoms with Crippen LogP contribution in [0, 0.1) is 0 Å². The Labute approximate surface area is 80.4 Å². The van der Waals surface area contributed by atoms with Crippen molar-refractivity contribution in [1.29, 1.82) is 0 Å². The Morgan fingerprint density at radius 1 is 1.46 bits per heavy atom. The molecule has 0 atom stereocenters. The van der Waals surface area contributed by atoms with E-state index in [-0.39, 0.29) is 6.09 Å². The Bertz CT molecular complexity index is 192. The number of ether oxygens (including phenoxy) is 1. The van der Waals surface area contributed by atoms with E-state index in [0.29, 0.717) is 6.54 Å². The fourth-order valence-corrected chi connectivity index (χ4v) is 0.796. The van der Waals surface area contributed by atoms with Crippen LogP contribution in [0.5, 0.6) is 0 Å². The fraction of sp³-hybridized carbons (Fsp3) is 0.700. The molecule has 0 aliphatic heterocycles. The van der Waals surface area contributed by atoms with Crippen LogP contribution in [0.3, 0.4) is 0 Å². The number of hydrogen-bond donors (Lipinski definition) is 0. The Kier molecular flexibility index (Phi) is 4.52. The zero-order valence-corrected chi connectivity index (χ0v) is 9.13. The van der Waals surface area contributed by atoms with E-state index >= 15 is 0 Å². The normalized spacial score (nSPS) is 11.8.